The lowest BCUT2D eigenvalue weighted by Gasteiger charge is -2.27. The quantitative estimate of drug-likeness (QED) is 0.512. The first-order valence-electron chi connectivity index (χ1n) is 9.72. The zero-order valence-electron chi connectivity index (χ0n) is 15.3. The maximum atomic E-state index is 14.1. The number of halogens is 1. The predicted octanol–water partition coefficient (Wildman–Crippen LogP) is 3.47. The number of nitrogens with zero attached hydrogens (tertiary/aromatic N) is 4. The Balaban J connectivity index is 1.71. The van der Waals surface area contributed by atoms with E-state index in [4.69, 9.17) is 0 Å². The van der Waals surface area contributed by atoms with Crippen molar-refractivity contribution in [3.8, 4) is 5.69 Å². The largest absolute Gasteiger partial charge is 0.311 e. The zero-order valence-corrected chi connectivity index (χ0v) is 15.3. The van der Waals surface area contributed by atoms with Gasteiger partial charge in [0, 0.05) is 42.0 Å². The molecule has 1 saturated heterocycles. The Bertz CT molecular complexity index is 1300. The number of pyridine rings is 1. The molecule has 4 aromatic rings. The molecule has 1 fully saturated rings. The molecule has 0 spiro atoms. The number of fused-ring (bicyclic) bond motifs is 4. The first-order valence-corrected chi connectivity index (χ1v) is 9.72. The molecule has 0 radical (unpaired) electrons. The highest BCUT2D eigenvalue weighted by Crippen LogP contribution is 2.42. The second kappa shape index (κ2) is 5.75. The van der Waals surface area contributed by atoms with E-state index in [1.54, 1.807) is 10.5 Å². The van der Waals surface area contributed by atoms with Crippen LogP contribution in [0.15, 0.2) is 53.6 Å². The van der Waals surface area contributed by atoms with Crippen molar-refractivity contribution in [2.24, 2.45) is 0 Å². The minimum absolute atomic E-state index is 0.104. The van der Waals surface area contributed by atoms with Crippen molar-refractivity contribution >= 4 is 16.6 Å². The summed E-state index contributed by atoms with van der Waals surface area (Å²) in [4.78, 5) is 19.1. The molecule has 3 aliphatic heterocycles. The van der Waals surface area contributed by atoms with E-state index in [9.17, 15) is 9.18 Å². The van der Waals surface area contributed by atoms with E-state index in [1.807, 2.05) is 24.4 Å². The molecular weight excluding hydrogens is 355 g/mol. The summed E-state index contributed by atoms with van der Waals surface area (Å²) in [5.41, 5.74) is 4.94. The van der Waals surface area contributed by atoms with Crippen LogP contribution in [0.25, 0.3) is 22.2 Å². The summed E-state index contributed by atoms with van der Waals surface area (Å²) in [6, 6.07) is 10.4. The summed E-state index contributed by atoms with van der Waals surface area (Å²) in [7, 11) is 0. The van der Waals surface area contributed by atoms with Gasteiger partial charge in [-0.25, -0.2) is 9.37 Å². The van der Waals surface area contributed by atoms with Gasteiger partial charge in [0.25, 0.3) is 5.56 Å². The summed E-state index contributed by atoms with van der Waals surface area (Å²) in [5.74, 6) is 0.239. The fourth-order valence-electron chi connectivity index (χ4n) is 4.96. The third kappa shape index (κ3) is 2.21. The lowest BCUT2D eigenvalue weighted by Crippen LogP contribution is -2.29. The second-order valence-electron chi connectivity index (χ2n) is 7.81. The summed E-state index contributed by atoms with van der Waals surface area (Å²) >= 11 is 0. The van der Waals surface area contributed by atoms with Crippen LogP contribution in [-0.4, -0.2) is 31.9 Å². The molecule has 3 aromatic heterocycles. The number of hydrogen-bond donors (Lipinski definition) is 0. The van der Waals surface area contributed by atoms with Crippen LogP contribution in [-0.2, 0) is 6.54 Å². The lowest BCUT2D eigenvalue weighted by atomic mass is 9.94. The molecule has 140 valence electrons. The molecule has 0 unspecified atom stereocenters. The molecule has 28 heavy (non-hydrogen) atoms. The van der Waals surface area contributed by atoms with Gasteiger partial charge in [0.05, 0.1) is 11.2 Å². The Kier molecular flexibility index (Phi) is 3.29. The highest BCUT2D eigenvalue weighted by molar-refractivity contribution is 5.88. The van der Waals surface area contributed by atoms with Crippen LogP contribution in [0.3, 0.4) is 0 Å². The van der Waals surface area contributed by atoms with E-state index in [2.05, 4.69) is 14.5 Å². The van der Waals surface area contributed by atoms with Gasteiger partial charge in [-0.1, -0.05) is 0 Å². The molecule has 0 N–H and O–H groups in total. The van der Waals surface area contributed by atoms with Gasteiger partial charge in [-0.2, -0.15) is 0 Å². The smallest absolute Gasteiger partial charge is 0.257 e. The van der Waals surface area contributed by atoms with Crippen LogP contribution in [0.4, 0.5) is 4.39 Å². The number of hydrogen-bond acceptors (Lipinski definition) is 3. The van der Waals surface area contributed by atoms with Gasteiger partial charge in [-0.3, -0.25) is 14.1 Å². The number of benzene rings is 1. The Hall–Kier alpha value is -2.99. The monoisotopic (exact) mass is 374 g/mol. The van der Waals surface area contributed by atoms with E-state index in [0.717, 1.165) is 49.1 Å². The van der Waals surface area contributed by atoms with Crippen molar-refractivity contribution in [2.45, 2.75) is 25.3 Å². The summed E-state index contributed by atoms with van der Waals surface area (Å²) in [6.07, 6.45) is 5.61. The van der Waals surface area contributed by atoms with Crippen LogP contribution >= 0.6 is 0 Å². The standard InChI is InChI=1S/C22H19FN4O/c23-15-1-3-19-17(11-15)18-13-25-9-6-14(7-10-25)22(18)27(19)16-2-4-20-24-8-5-21(28)26(20)12-16/h1-5,8,11-12,14H,6-7,9-10,13H2. The van der Waals surface area contributed by atoms with Gasteiger partial charge < -0.3 is 4.57 Å². The number of rotatable bonds is 1. The van der Waals surface area contributed by atoms with E-state index >= 15 is 0 Å². The second-order valence-corrected chi connectivity index (χ2v) is 7.81. The Morgan fingerprint density at radius 1 is 1.07 bits per heavy atom. The van der Waals surface area contributed by atoms with Crippen LogP contribution in [0.5, 0.6) is 0 Å². The highest BCUT2D eigenvalue weighted by Gasteiger charge is 2.33. The SMILES string of the molecule is O=c1ccnc2ccc(-n3c4c(c5cc(F)ccc53)CN3CCC4CC3)cn12. The number of piperidine rings is 1. The third-order valence-corrected chi connectivity index (χ3v) is 6.26. The molecule has 5 nitrogen and oxygen atoms in total. The topological polar surface area (TPSA) is 42.5 Å². The molecule has 0 atom stereocenters. The average Bonchev–Trinajstić information content (AvgIpc) is 2.83. The third-order valence-electron chi connectivity index (χ3n) is 6.26. The molecule has 3 aliphatic rings. The van der Waals surface area contributed by atoms with Crippen LogP contribution in [0.2, 0.25) is 0 Å². The van der Waals surface area contributed by atoms with Crippen LogP contribution in [0.1, 0.15) is 30.0 Å². The minimum atomic E-state index is -0.210. The average molecular weight is 374 g/mol. The number of aromatic nitrogens is 3. The van der Waals surface area contributed by atoms with Gasteiger partial charge in [0.1, 0.15) is 11.5 Å². The van der Waals surface area contributed by atoms with Crippen molar-refractivity contribution in [2.75, 3.05) is 13.1 Å². The molecule has 6 heterocycles. The summed E-state index contributed by atoms with van der Waals surface area (Å²) < 4.78 is 17.9. The van der Waals surface area contributed by atoms with Gasteiger partial charge in [-0.05, 0) is 61.8 Å². The van der Waals surface area contributed by atoms with E-state index in [-0.39, 0.29) is 11.4 Å². The van der Waals surface area contributed by atoms with Crippen molar-refractivity contribution in [3.63, 3.8) is 0 Å². The summed E-state index contributed by atoms with van der Waals surface area (Å²) in [6.45, 7) is 3.02. The molecule has 7 rings (SSSR count). The molecule has 0 amide bonds. The predicted molar refractivity (Wildman–Crippen MR) is 106 cm³/mol. The van der Waals surface area contributed by atoms with E-state index in [1.165, 1.54) is 29.6 Å². The van der Waals surface area contributed by atoms with Gasteiger partial charge in [-0.15, -0.1) is 0 Å². The summed E-state index contributed by atoms with van der Waals surface area (Å²) in [5, 5.41) is 0.979. The molecule has 0 saturated carbocycles. The van der Waals surface area contributed by atoms with Gasteiger partial charge >= 0.3 is 0 Å². The van der Waals surface area contributed by atoms with Crippen LogP contribution < -0.4 is 5.56 Å². The Morgan fingerprint density at radius 2 is 1.93 bits per heavy atom. The van der Waals surface area contributed by atoms with Gasteiger partial charge in [0.15, 0.2) is 0 Å². The fourth-order valence-corrected chi connectivity index (χ4v) is 4.96. The van der Waals surface area contributed by atoms with E-state index < -0.39 is 0 Å². The molecule has 0 aliphatic carbocycles. The normalized spacial score (nSPS) is 21.2. The highest BCUT2D eigenvalue weighted by atomic mass is 19.1. The first-order chi connectivity index (χ1) is 13.7. The minimum Gasteiger partial charge on any atom is -0.311 e. The molecule has 6 heteroatoms. The van der Waals surface area contributed by atoms with E-state index in [0.29, 0.717) is 11.6 Å². The Morgan fingerprint density at radius 3 is 2.79 bits per heavy atom. The Labute approximate surface area is 160 Å². The van der Waals surface area contributed by atoms with Crippen molar-refractivity contribution in [3.05, 3.63) is 76.2 Å². The van der Waals surface area contributed by atoms with Crippen molar-refractivity contribution in [1.29, 1.82) is 0 Å². The fraction of sp³-hybridized carbons (Fsp3) is 0.273. The van der Waals surface area contributed by atoms with Crippen molar-refractivity contribution < 1.29 is 4.39 Å². The van der Waals surface area contributed by atoms with Crippen LogP contribution in [0, 0.1) is 5.82 Å². The van der Waals surface area contributed by atoms with Crippen molar-refractivity contribution in [1.82, 2.24) is 18.9 Å². The molecule has 1 aromatic carbocycles. The zero-order chi connectivity index (χ0) is 18.8. The van der Waals surface area contributed by atoms with Gasteiger partial charge in [0.2, 0.25) is 0 Å². The maximum Gasteiger partial charge on any atom is 0.257 e. The first kappa shape index (κ1) is 16.0. The molecular formula is C22H19FN4O. The maximum absolute atomic E-state index is 14.1. The molecule has 2 bridgehead atoms. The lowest BCUT2D eigenvalue weighted by molar-refractivity contribution is 0.220.